The molecule has 1 amide bonds. The lowest BCUT2D eigenvalue weighted by Crippen LogP contribution is -2.11. The molecule has 106 valence electrons. The summed E-state index contributed by atoms with van der Waals surface area (Å²) < 4.78 is 36.9. The van der Waals surface area contributed by atoms with Crippen molar-refractivity contribution < 1.29 is 23.1 Å². The molecule has 0 aliphatic carbocycles. The number of carbonyl (C=O) groups excluding carboxylic acids is 1. The fourth-order valence-corrected chi connectivity index (χ4v) is 2.02. The molecule has 0 saturated carbocycles. The first-order valence-corrected chi connectivity index (χ1v) is 6.17. The van der Waals surface area contributed by atoms with Crippen molar-refractivity contribution in [2.24, 2.45) is 0 Å². The Balaban J connectivity index is 2.20. The minimum absolute atomic E-state index is 0.179. The quantitative estimate of drug-likeness (QED) is 0.890. The molecule has 1 heterocycles. The predicted octanol–water partition coefficient (Wildman–Crippen LogP) is 3.17. The van der Waals surface area contributed by atoms with E-state index in [0.717, 1.165) is 0 Å². The highest BCUT2D eigenvalue weighted by Crippen LogP contribution is 2.33. The molecule has 1 aromatic carbocycles. The number of alkyl halides is 3. The second-order valence-electron chi connectivity index (χ2n) is 3.53. The summed E-state index contributed by atoms with van der Waals surface area (Å²) in [6, 6.07) is 3.73. The van der Waals surface area contributed by atoms with Crippen LogP contribution in [0, 0.1) is 0 Å². The van der Waals surface area contributed by atoms with Gasteiger partial charge < -0.3 is 5.11 Å². The Morgan fingerprint density at radius 3 is 2.65 bits per heavy atom. The zero-order chi connectivity index (χ0) is 14.9. The van der Waals surface area contributed by atoms with E-state index in [0.29, 0.717) is 0 Å². The molecule has 20 heavy (non-hydrogen) atoms. The van der Waals surface area contributed by atoms with Crippen molar-refractivity contribution in [3.05, 3.63) is 33.8 Å². The topological polar surface area (TPSA) is 75.1 Å². The molecule has 0 fully saturated rings. The van der Waals surface area contributed by atoms with Gasteiger partial charge in [-0.25, -0.2) is 0 Å². The second kappa shape index (κ2) is 5.25. The number of hydrogen-bond acceptors (Lipinski definition) is 5. The summed E-state index contributed by atoms with van der Waals surface area (Å²) in [5.41, 5.74) is -0.179. The highest BCUT2D eigenvalue weighted by atomic mass is 35.5. The van der Waals surface area contributed by atoms with E-state index in [4.69, 9.17) is 11.6 Å². The molecular formula is C10H5ClF3N3O2S. The fraction of sp³-hybridized carbons (Fsp3) is 0.100. The molecule has 2 N–H and O–H groups in total. The molecule has 0 unspecified atom stereocenters. The smallest absolute Gasteiger partial charge is 0.445 e. The summed E-state index contributed by atoms with van der Waals surface area (Å²) in [5.74, 6) is -1.19. The van der Waals surface area contributed by atoms with E-state index in [2.05, 4.69) is 15.5 Å². The number of aromatic nitrogens is 2. The van der Waals surface area contributed by atoms with Gasteiger partial charge in [0.25, 0.3) is 5.91 Å². The highest BCUT2D eigenvalue weighted by molar-refractivity contribution is 7.15. The summed E-state index contributed by atoms with van der Waals surface area (Å²) in [7, 11) is 0. The van der Waals surface area contributed by atoms with Gasteiger partial charge in [-0.3, -0.25) is 10.1 Å². The van der Waals surface area contributed by atoms with Crippen molar-refractivity contribution >= 4 is 34.0 Å². The van der Waals surface area contributed by atoms with Gasteiger partial charge in [0, 0.05) is 5.02 Å². The van der Waals surface area contributed by atoms with E-state index in [1.54, 1.807) is 0 Å². The molecule has 0 aliphatic heterocycles. The number of hydrogen-bond donors (Lipinski definition) is 2. The Bertz CT molecular complexity index is 659. The Kier molecular flexibility index (Phi) is 3.82. The van der Waals surface area contributed by atoms with Gasteiger partial charge in [-0.2, -0.15) is 13.2 Å². The van der Waals surface area contributed by atoms with Gasteiger partial charge in [0.1, 0.15) is 5.75 Å². The molecule has 2 aromatic rings. The maximum atomic E-state index is 12.3. The predicted molar refractivity (Wildman–Crippen MR) is 66.0 cm³/mol. The Hall–Kier alpha value is -1.87. The molecule has 0 aliphatic rings. The number of halogens is 4. The van der Waals surface area contributed by atoms with Crippen LogP contribution in [-0.2, 0) is 6.18 Å². The molecule has 10 heteroatoms. The van der Waals surface area contributed by atoms with Crippen LogP contribution in [0.1, 0.15) is 15.4 Å². The lowest BCUT2D eigenvalue weighted by Gasteiger charge is -2.04. The summed E-state index contributed by atoms with van der Waals surface area (Å²) in [5, 5.41) is 16.4. The number of aromatic hydroxyl groups is 1. The zero-order valence-corrected chi connectivity index (χ0v) is 11.0. The molecule has 0 saturated heterocycles. The van der Waals surface area contributed by atoms with Crippen molar-refractivity contribution in [1.82, 2.24) is 10.2 Å². The first-order valence-electron chi connectivity index (χ1n) is 4.98. The number of nitrogens with zero attached hydrogens (tertiary/aromatic N) is 2. The van der Waals surface area contributed by atoms with Crippen LogP contribution in [-0.4, -0.2) is 21.2 Å². The third kappa shape index (κ3) is 3.17. The normalized spacial score (nSPS) is 11.4. The van der Waals surface area contributed by atoms with Gasteiger partial charge in [0.05, 0.1) is 5.56 Å². The number of benzene rings is 1. The zero-order valence-electron chi connectivity index (χ0n) is 9.40. The van der Waals surface area contributed by atoms with Crippen LogP contribution in [0.15, 0.2) is 18.2 Å². The fourth-order valence-electron chi connectivity index (χ4n) is 1.24. The molecule has 0 radical (unpaired) electrons. The number of nitrogens with one attached hydrogen (secondary N) is 1. The first-order chi connectivity index (χ1) is 9.27. The molecule has 0 spiro atoms. The lowest BCUT2D eigenvalue weighted by molar-refractivity contribution is -0.138. The van der Waals surface area contributed by atoms with Crippen LogP contribution in [0.2, 0.25) is 5.02 Å². The van der Waals surface area contributed by atoms with Crippen molar-refractivity contribution in [3.8, 4) is 5.75 Å². The SMILES string of the molecule is O=C(Nc1nnc(C(F)(F)F)s1)c1cc(Cl)ccc1O. The van der Waals surface area contributed by atoms with E-state index in [9.17, 15) is 23.1 Å². The average molecular weight is 324 g/mol. The van der Waals surface area contributed by atoms with Crippen LogP contribution in [0.25, 0.3) is 0 Å². The van der Waals surface area contributed by atoms with Crippen LogP contribution < -0.4 is 5.32 Å². The second-order valence-corrected chi connectivity index (χ2v) is 4.94. The Labute approximate surface area is 119 Å². The maximum Gasteiger partial charge on any atom is 0.445 e. The average Bonchev–Trinajstić information content (AvgIpc) is 2.80. The summed E-state index contributed by atoms with van der Waals surface area (Å²) in [6.07, 6.45) is -4.63. The van der Waals surface area contributed by atoms with E-state index in [1.807, 2.05) is 0 Å². The molecule has 2 rings (SSSR count). The van der Waals surface area contributed by atoms with Crippen molar-refractivity contribution in [1.29, 1.82) is 0 Å². The van der Waals surface area contributed by atoms with E-state index in [1.165, 1.54) is 18.2 Å². The molecule has 0 bridgehead atoms. The minimum Gasteiger partial charge on any atom is -0.507 e. The van der Waals surface area contributed by atoms with Crippen LogP contribution in [0.4, 0.5) is 18.3 Å². The third-order valence-electron chi connectivity index (χ3n) is 2.09. The third-order valence-corrected chi connectivity index (χ3v) is 3.21. The summed E-state index contributed by atoms with van der Waals surface area (Å²) >= 11 is 5.84. The van der Waals surface area contributed by atoms with Gasteiger partial charge in [-0.1, -0.05) is 22.9 Å². The van der Waals surface area contributed by atoms with Crippen molar-refractivity contribution in [2.45, 2.75) is 6.18 Å². The number of phenols is 1. The van der Waals surface area contributed by atoms with Gasteiger partial charge in [-0.05, 0) is 18.2 Å². The van der Waals surface area contributed by atoms with Gasteiger partial charge in [-0.15, -0.1) is 10.2 Å². The van der Waals surface area contributed by atoms with E-state index in [-0.39, 0.29) is 32.8 Å². The largest absolute Gasteiger partial charge is 0.507 e. The Morgan fingerprint density at radius 1 is 1.35 bits per heavy atom. The monoisotopic (exact) mass is 323 g/mol. The van der Waals surface area contributed by atoms with Crippen LogP contribution in [0.5, 0.6) is 5.75 Å². The van der Waals surface area contributed by atoms with Crippen molar-refractivity contribution in [2.75, 3.05) is 5.32 Å². The van der Waals surface area contributed by atoms with Gasteiger partial charge in [0.15, 0.2) is 0 Å². The molecule has 1 aromatic heterocycles. The first kappa shape index (κ1) is 14.5. The number of amides is 1. The lowest BCUT2D eigenvalue weighted by atomic mass is 10.2. The number of rotatable bonds is 2. The number of phenolic OH excluding ortho intramolecular Hbond substituents is 1. The van der Waals surface area contributed by atoms with E-state index < -0.39 is 17.1 Å². The van der Waals surface area contributed by atoms with Crippen molar-refractivity contribution in [3.63, 3.8) is 0 Å². The summed E-state index contributed by atoms with van der Waals surface area (Å²) in [4.78, 5) is 11.8. The molecule has 0 atom stereocenters. The van der Waals surface area contributed by atoms with E-state index >= 15 is 0 Å². The molecular weight excluding hydrogens is 319 g/mol. The summed E-state index contributed by atoms with van der Waals surface area (Å²) in [6.45, 7) is 0. The van der Waals surface area contributed by atoms with Crippen LogP contribution in [0.3, 0.4) is 0 Å². The number of carbonyl (C=O) groups is 1. The Morgan fingerprint density at radius 2 is 2.05 bits per heavy atom. The van der Waals surface area contributed by atoms with Crippen LogP contribution >= 0.6 is 22.9 Å². The highest BCUT2D eigenvalue weighted by Gasteiger charge is 2.35. The maximum absolute atomic E-state index is 12.3. The standard InChI is InChI=1S/C10H5ClF3N3O2S/c11-4-1-2-6(18)5(3-4)7(19)15-9-17-16-8(20-9)10(12,13)14/h1-3,18H,(H,15,17,19). The minimum atomic E-state index is -4.63. The number of anilines is 1. The van der Waals surface area contributed by atoms with Gasteiger partial charge >= 0.3 is 6.18 Å². The van der Waals surface area contributed by atoms with Gasteiger partial charge in [0.2, 0.25) is 10.1 Å². The molecule has 5 nitrogen and oxygen atoms in total.